The summed E-state index contributed by atoms with van der Waals surface area (Å²) in [6.07, 6.45) is 1.73. The van der Waals surface area contributed by atoms with Crippen molar-refractivity contribution in [3.63, 3.8) is 0 Å². The van der Waals surface area contributed by atoms with Crippen molar-refractivity contribution in [2.45, 2.75) is 27.3 Å². The third-order valence-electron chi connectivity index (χ3n) is 2.64. The van der Waals surface area contributed by atoms with Crippen LogP contribution >= 0.6 is 11.3 Å². The molecule has 0 saturated heterocycles. The van der Waals surface area contributed by atoms with Gasteiger partial charge in [0.25, 0.3) is 0 Å². The number of nitrogens with one attached hydrogen (secondary N) is 1. The van der Waals surface area contributed by atoms with Crippen molar-refractivity contribution in [3.05, 3.63) is 33.1 Å². The van der Waals surface area contributed by atoms with Gasteiger partial charge < -0.3 is 11.1 Å². The second-order valence-electron chi connectivity index (χ2n) is 4.07. The van der Waals surface area contributed by atoms with Gasteiger partial charge in [0.15, 0.2) is 0 Å². The largest absolute Gasteiger partial charge is 0.368 e. The highest BCUT2D eigenvalue weighted by molar-refractivity contribution is 7.12. The number of nitrogens with two attached hydrogens (primary N) is 1. The maximum atomic E-state index is 5.57. The van der Waals surface area contributed by atoms with Gasteiger partial charge in [0.1, 0.15) is 5.82 Å². The third kappa shape index (κ3) is 2.74. The van der Waals surface area contributed by atoms with Crippen molar-refractivity contribution in [2.24, 2.45) is 0 Å². The Morgan fingerprint density at radius 2 is 2.06 bits per heavy atom. The second-order valence-corrected chi connectivity index (χ2v) is 5.41. The van der Waals surface area contributed by atoms with E-state index < -0.39 is 0 Å². The van der Waals surface area contributed by atoms with Gasteiger partial charge in [-0.1, -0.05) is 0 Å². The lowest BCUT2D eigenvalue weighted by Crippen LogP contribution is -2.05. The summed E-state index contributed by atoms with van der Waals surface area (Å²) in [7, 11) is 0. The van der Waals surface area contributed by atoms with E-state index in [1.54, 1.807) is 17.5 Å². The van der Waals surface area contributed by atoms with Crippen LogP contribution in [0.5, 0.6) is 0 Å². The average molecular weight is 248 g/mol. The molecule has 0 bridgehead atoms. The molecule has 2 aromatic heterocycles. The van der Waals surface area contributed by atoms with E-state index in [9.17, 15) is 0 Å². The van der Waals surface area contributed by atoms with Crippen molar-refractivity contribution in [3.8, 4) is 0 Å². The van der Waals surface area contributed by atoms with Gasteiger partial charge in [0, 0.05) is 21.5 Å². The fourth-order valence-electron chi connectivity index (χ4n) is 1.54. The normalized spacial score (nSPS) is 10.5. The molecule has 3 N–H and O–H groups in total. The number of anilines is 2. The van der Waals surface area contributed by atoms with Crippen LogP contribution in [-0.2, 0) is 6.54 Å². The van der Waals surface area contributed by atoms with Gasteiger partial charge in [0.05, 0.1) is 6.54 Å². The van der Waals surface area contributed by atoms with Gasteiger partial charge in [0.2, 0.25) is 5.95 Å². The van der Waals surface area contributed by atoms with Crippen LogP contribution in [0.25, 0.3) is 0 Å². The Kier molecular flexibility index (Phi) is 3.28. The Morgan fingerprint density at radius 3 is 2.71 bits per heavy atom. The molecule has 0 amide bonds. The Morgan fingerprint density at radius 1 is 1.29 bits per heavy atom. The summed E-state index contributed by atoms with van der Waals surface area (Å²) < 4.78 is 0. The van der Waals surface area contributed by atoms with E-state index >= 15 is 0 Å². The summed E-state index contributed by atoms with van der Waals surface area (Å²) in [6, 6.07) is 2.20. The van der Waals surface area contributed by atoms with Crippen LogP contribution in [0.1, 0.15) is 20.9 Å². The Hall–Kier alpha value is -1.62. The van der Waals surface area contributed by atoms with Crippen LogP contribution in [0.3, 0.4) is 0 Å². The topological polar surface area (TPSA) is 63.8 Å². The molecule has 0 fully saturated rings. The molecule has 0 atom stereocenters. The zero-order valence-corrected chi connectivity index (χ0v) is 11.1. The predicted octanol–water partition coefficient (Wildman–Crippen LogP) is 2.66. The molecule has 5 heteroatoms. The van der Waals surface area contributed by atoms with E-state index in [1.807, 2.05) is 6.92 Å². The fourth-order valence-corrected chi connectivity index (χ4v) is 2.54. The Bertz CT molecular complexity index is 514. The quantitative estimate of drug-likeness (QED) is 0.876. The van der Waals surface area contributed by atoms with E-state index in [0.29, 0.717) is 5.95 Å². The van der Waals surface area contributed by atoms with Crippen molar-refractivity contribution in [1.82, 2.24) is 9.97 Å². The van der Waals surface area contributed by atoms with Crippen molar-refractivity contribution >= 4 is 23.1 Å². The van der Waals surface area contributed by atoms with E-state index in [4.69, 9.17) is 5.73 Å². The minimum atomic E-state index is 0.302. The highest BCUT2D eigenvalue weighted by Gasteiger charge is 2.04. The monoisotopic (exact) mass is 248 g/mol. The van der Waals surface area contributed by atoms with Crippen LogP contribution in [-0.4, -0.2) is 9.97 Å². The van der Waals surface area contributed by atoms with E-state index in [0.717, 1.165) is 17.9 Å². The first kappa shape index (κ1) is 11.9. The molecule has 0 radical (unpaired) electrons. The Balaban J connectivity index is 2.09. The molecule has 0 spiro atoms. The summed E-state index contributed by atoms with van der Waals surface area (Å²) in [5, 5.41) is 3.29. The summed E-state index contributed by atoms with van der Waals surface area (Å²) >= 11 is 1.81. The van der Waals surface area contributed by atoms with Crippen LogP contribution < -0.4 is 11.1 Å². The van der Waals surface area contributed by atoms with E-state index in [1.165, 1.54) is 15.3 Å². The van der Waals surface area contributed by atoms with Crippen molar-refractivity contribution < 1.29 is 0 Å². The lowest BCUT2D eigenvalue weighted by Gasteiger charge is -2.07. The molecule has 2 rings (SSSR count). The second kappa shape index (κ2) is 4.71. The molecular weight excluding hydrogens is 232 g/mol. The van der Waals surface area contributed by atoms with Crippen LogP contribution in [0.15, 0.2) is 12.3 Å². The third-order valence-corrected chi connectivity index (χ3v) is 3.79. The van der Waals surface area contributed by atoms with E-state index in [-0.39, 0.29) is 0 Å². The van der Waals surface area contributed by atoms with Crippen molar-refractivity contribution in [2.75, 3.05) is 11.1 Å². The van der Waals surface area contributed by atoms with Crippen LogP contribution in [0, 0.1) is 20.8 Å². The first-order chi connectivity index (χ1) is 8.06. The number of rotatable bonds is 3. The minimum Gasteiger partial charge on any atom is -0.368 e. The molecule has 2 aromatic rings. The van der Waals surface area contributed by atoms with Gasteiger partial charge >= 0.3 is 0 Å². The molecule has 0 unspecified atom stereocenters. The van der Waals surface area contributed by atoms with Crippen LogP contribution in [0.2, 0.25) is 0 Å². The molecule has 90 valence electrons. The number of hydrogen-bond acceptors (Lipinski definition) is 5. The number of aryl methyl sites for hydroxylation is 3. The summed E-state index contributed by atoms with van der Waals surface area (Å²) in [5.74, 6) is 1.11. The molecule has 2 heterocycles. The highest BCUT2D eigenvalue weighted by Crippen LogP contribution is 2.22. The molecular formula is C12H16N4S. The molecule has 0 saturated carbocycles. The maximum absolute atomic E-state index is 5.57. The molecule has 4 nitrogen and oxygen atoms in total. The average Bonchev–Trinajstić information content (AvgIpc) is 2.60. The molecule has 0 aliphatic carbocycles. The number of thiophene rings is 1. The lowest BCUT2D eigenvalue weighted by molar-refractivity contribution is 1.08. The minimum absolute atomic E-state index is 0.302. The Labute approximate surface area is 105 Å². The van der Waals surface area contributed by atoms with Gasteiger partial charge in [-0.3, -0.25) is 0 Å². The first-order valence-corrected chi connectivity index (χ1v) is 6.27. The fraction of sp³-hybridized carbons (Fsp3) is 0.333. The maximum Gasteiger partial charge on any atom is 0.221 e. The number of aromatic nitrogens is 2. The predicted molar refractivity (Wildman–Crippen MR) is 72.3 cm³/mol. The standard InChI is InChI=1S/C12H16N4S/c1-7-4-10(17-9(7)3)6-14-11-8(2)5-15-12(13)16-11/h4-5H,6H2,1-3H3,(H3,13,14,15,16). The smallest absolute Gasteiger partial charge is 0.221 e. The van der Waals surface area contributed by atoms with Crippen molar-refractivity contribution in [1.29, 1.82) is 0 Å². The zero-order valence-electron chi connectivity index (χ0n) is 10.2. The van der Waals surface area contributed by atoms with E-state index in [2.05, 4.69) is 35.2 Å². The highest BCUT2D eigenvalue weighted by atomic mass is 32.1. The molecule has 0 aromatic carbocycles. The van der Waals surface area contributed by atoms with Gasteiger partial charge in [-0.05, 0) is 32.4 Å². The molecule has 17 heavy (non-hydrogen) atoms. The molecule has 0 aliphatic heterocycles. The van der Waals surface area contributed by atoms with Gasteiger partial charge in [-0.2, -0.15) is 4.98 Å². The van der Waals surface area contributed by atoms with Crippen LogP contribution in [0.4, 0.5) is 11.8 Å². The van der Waals surface area contributed by atoms with Gasteiger partial charge in [-0.15, -0.1) is 11.3 Å². The lowest BCUT2D eigenvalue weighted by atomic mass is 10.3. The number of hydrogen-bond donors (Lipinski definition) is 2. The first-order valence-electron chi connectivity index (χ1n) is 5.45. The number of nitrogens with zero attached hydrogens (tertiary/aromatic N) is 2. The SMILES string of the molecule is Cc1cnc(N)nc1NCc1cc(C)c(C)s1. The molecule has 0 aliphatic rings. The summed E-state index contributed by atoms with van der Waals surface area (Å²) in [5.41, 5.74) is 7.91. The number of nitrogen functional groups attached to an aromatic ring is 1. The van der Waals surface area contributed by atoms with Gasteiger partial charge in [-0.25, -0.2) is 4.98 Å². The summed E-state index contributed by atoms with van der Waals surface area (Å²) in [4.78, 5) is 10.8. The summed E-state index contributed by atoms with van der Waals surface area (Å²) in [6.45, 7) is 7.00. The zero-order chi connectivity index (χ0) is 12.4.